The molecular formula is C25H17NO4. The molecule has 1 aromatic heterocycles. The van der Waals surface area contributed by atoms with Gasteiger partial charge in [-0.2, -0.15) is 5.26 Å². The topological polar surface area (TPSA) is 72.5 Å². The molecule has 0 atom stereocenters. The molecule has 4 aromatic rings. The SMILES string of the molecule is COc1cc(/C=C(\C#N)c2ccccc2)ccc1OC(=O)c1cc2ccccc2o1. The first-order chi connectivity index (χ1) is 14.7. The number of allylic oxidation sites excluding steroid dienone is 1. The van der Waals surface area contributed by atoms with Gasteiger partial charge in [0.1, 0.15) is 5.58 Å². The molecule has 5 nitrogen and oxygen atoms in total. The Kier molecular flexibility index (Phi) is 5.31. The molecule has 0 saturated carbocycles. The summed E-state index contributed by atoms with van der Waals surface area (Å²) in [6, 6.07) is 25.7. The van der Waals surface area contributed by atoms with Crippen LogP contribution in [0.5, 0.6) is 11.5 Å². The highest BCUT2D eigenvalue weighted by atomic mass is 16.6. The van der Waals surface area contributed by atoms with Crippen LogP contribution < -0.4 is 9.47 Å². The number of furan rings is 1. The molecule has 0 N–H and O–H groups in total. The minimum absolute atomic E-state index is 0.109. The molecule has 5 heteroatoms. The average Bonchev–Trinajstić information content (AvgIpc) is 3.23. The maximum atomic E-state index is 12.5. The quantitative estimate of drug-likeness (QED) is 0.187. The predicted octanol–water partition coefficient (Wildman–Crippen LogP) is 5.72. The molecule has 0 amide bonds. The minimum atomic E-state index is -0.616. The van der Waals surface area contributed by atoms with Crippen molar-refractivity contribution in [3.63, 3.8) is 0 Å². The first-order valence-corrected chi connectivity index (χ1v) is 9.24. The highest BCUT2D eigenvalue weighted by Gasteiger charge is 2.17. The maximum Gasteiger partial charge on any atom is 0.379 e. The van der Waals surface area contributed by atoms with E-state index in [0.717, 1.165) is 16.5 Å². The number of rotatable bonds is 5. The lowest BCUT2D eigenvalue weighted by Crippen LogP contribution is -2.08. The second kappa shape index (κ2) is 8.38. The molecule has 0 radical (unpaired) electrons. The summed E-state index contributed by atoms with van der Waals surface area (Å²) < 4.78 is 16.4. The lowest BCUT2D eigenvalue weighted by molar-refractivity contribution is 0.0699. The van der Waals surface area contributed by atoms with E-state index < -0.39 is 5.97 Å². The van der Waals surface area contributed by atoms with Gasteiger partial charge in [0.05, 0.1) is 18.8 Å². The van der Waals surface area contributed by atoms with Crippen molar-refractivity contribution < 1.29 is 18.7 Å². The van der Waals surface area contributed by atoms with Crippen LogP contribution >= 0.6 is 0 Å². The summed E-state index contributed by atoms with van der Waals surface area (Å²) in [5.41, 5.74) is 2.70. The van der Waals surface area contributed by atoms with Gasteiger partial charge >= 0.3 is 5.97 Å². The van der Waals surface area contributed by atoms with E-state index in [1.807, 2.05) is 48.5 Å². The van der Waals surface area contributed by atoms with Crippen LogP contribution in [0.3, 0.4) is 0 Å². The number of ether oxygens (including phenoxy) is 2. The van der Waals surface area contributed by atoms with Gasteiger partial charge in [-0.1, -0.05) is 54.6 Å². The zero-order valence-corrected chi connectivity index (χ0v) is 16.2. The summed E-state index contributed by atoms with van der Waals surface area (Å²) in [6.45, 7) is 0. The van der Waals surface area contributed by atoms with Gasteiger partial charge in [0.2, 0.25) is 5.76 Å². The van der Waals surface area contributed by atoms with Crippen molar-refractivity contribution in [1.29, 1.82) is 5.26 Å². The van der Waals surface area contributed by atoms with Crippen LogP contribution in [0, 0.1) is 11.3 Å². The number of methoxy groups -OCH3 is 1. The Morgan fingerprint density at radius 3 is 2.47 bits per heavy atom. The number of esters is 1. The van der Waals surface area contributed by atoms with Gasteiger partial charge in [0.25, 0.3) is 0 Å². The van der Waals surface area contributed by atoms with Gasteiger partial charge in [-0.15, -0.1) is 0 Å². The Morgan fingerprint density at radius 1 is 0.967 bits per heavy atom. The second-order valence-corrected chi connectivity index (χ2v) is 6.48. The third-order valence-electron chi connectivity index (χ3n) is 4.53. The van der Waals surface area contributed by atoms with Crippen LogP contribution in [0.15, 0.2) is 83.3 Å². The summed E-state index contributed by atoms with van der Waals surface area (Å²) in [5.74, 6) is 0.129. The number of nitriles is 1. The van der Waals surface area contributed by atoms with E-state index in [2.05, 4.69) is 6.07 Å². The molecule has 0 aliphatic carbocycles. The Balaban J connectivity index is 1.60. The highest BCUT2D eigenvalue weighted by Crippen LogP contribution is 2.31. The highest BCUT2D eigenvalue weighted by molar-refractivity contribution is 5.94. The number of hydrogen-bond donors (Lipinski definition) is 0. The lowest BCUT2D eigenvalue weighted by atomic mass is 10.0. The largest absolute Gasteiger partial charge is 0.493 e. The molecule has 30 heavy (non-hydrogen) atoms. The van der Waals surface area contributed by atoms with Gasteiger partial charge < -0.3 is 13.9 Å². The third-order valence-corrected chi connectivity index (χ3v) is 4.53. The second-order valence-electron chi connectivity index (χ2n) is 6.48. The van der Waals surface area contributed by atoms with Crippen LogP contribution in [0.2, 0.25) is 0 Å². The number of fused-ring (bicyclic) bond motifs is 1. The molecular weight excluding hydrogens is 378 g/mol. The number of carbonyl (C=O) groups excluding carboxylic acids is 1. The minimum Gasteiger partial charge on any atom is -0.493 e. The molecule has 3 aromatic carbocycles. The molecule has 0 fully saturated rings. The van der Waals surface area contributed by atoms with E-state index in [1.165, 1.54) is 7.11 Å². The van der Waals surface area contributed by atoms with Crippen molar-refractivity contribution in [2.75, 3.05) is 7.11 Å². The molecule has 0 saturated heterocycles. The first kappa shape index (κ1) is 19.0. The monoisotopic (exact) mass is 395 g/mol. The summed E-state index contributed by atoms with van der Waals surface area (Å²) in [7, 11) is 1.49. The Morgan fingerprint density at radius 2 is 1.73 bits per heavy atom. The van der Waals surface area contributed by atoms with E-state index >= 15 is 0 Å². The van der Waals surface area contributed by atoms with Crippen LogP contribution in [0.1, 0.15) is 21.7 Å². The molecule has 146 valence electrons. The number of benzene rings is 3. The fourth-order valence-corrected chi connectivity index (χ4v) is 3.06. The Labute approximate surface area is 173 Å². The molecule has 0 aliphatic heterocycles. The molecule has 0 aliphatic rings. The van der Waals surface area contributed by atoms with E-state index in [-0.39, 0.29) is 11.5 Å². The Bertz CT molecular complexity index is 1250. The van der Waals surface area contributed by atoms with Gasteiger partial charge in [0.15, 0.2) is 11.5 Å². The molecule has 1 heterocycles. The van der Waals surface area contributed by atoms with Gasteiger partial charge in [-0.05, 0) is 41.5 Å². The zero-order valence-electron chi connectivity index (χ0n) is 16.2. The summed E-state index contributed by atoms with van der Waals surface area (Å²) >= 11 is 0. The van der Waals surface area contributed by atoms with Crippen LogP contribution in [0.4, 0.5) is 0 Å². The van der Waals surface area contributed by atoms with Crippen molar-refractivity contribution in [1.82, 2.24) is 0 Å². The van der Waals surface area contributed by atoms with Crippen molar-refractivity contribution in [3.8, 4) is 17.6 Å². The lowest BCUT2D eigenvalue weighted by Gasteiger charge is -2.09. The number of nitrogens with zero attached hydrogens (tertiary/aromatic N) is 1. The van der Waals surface area contributed by atoms with Gasteiger partial charge in [-0.25, -0.2) is 4.79 Å². The molecule has 0 bridgehead atoms. The van der Waals surface area contributed by atoms with Crippen molar-refractivity contribution >= 4 is 28.6 Å². The summed E-state index contributed by atoms with van der Waals surface area (Å²) in [6.07, 6.45) is 1.75. The van der Waals surface area contributed by atoms with Gasteiger partial charge in [-0.3, -0.25) is 0 Å². The fourth-order valence-electron chi connectivity index (χ4n) is 3.06. The van der Waals surface area contributed by atoms with E-state index in [1.54, 1.807) is 36.4 Å². The smallest absolute Gasteiger partial charge is 0.379 e. The molecule has 0 unspecified atom stereocenters. The van der Waals surface area contributed by atoms with Crippen molar-refractivity contribution in [3.05, 3.63) is 95.7 Å². The standard InChI is InChI=1S/C25H17NO4/c1-28-23-14-17(13-20(16-26)18-7-3-2-4-8-18)11-12-22(23)30-25(27)24-15-19-9-5-6-10-21(19)29-24/h2-15H,1H3/b20-13+. The van der Waals surface area contributed by atoms with Crippen LogP contribution in [-0.2, 0) is 0 Å². The number of hydrogen-bond acceptors (Lipinski definition) is 5. The third kappa shape index (κ3) is 3.94. The predicted molar refractivity (Wildman–Crippen MR) is 114 cm³/mol. The summed E-state index contributed by atoms with van der Waals surface area (Å²) in [4.78, 5) is 12.5. The van der Waals surface area contributed by atoms with Crippen LogP contribution in [-0.4, -0.2) is 13.1 Å². The van der Waals surface area contributed by atoms with E-state index in [9.17, 15) is 10.1 Å². The molecule has 0 spiro atoms. The summed E-state index contributed by atoms with van der Waals surface area (Å²) in [5, 5.41) is 10.3. The fraction of sp³-hybridized carbons (Fsp3) is 0.0400. The van der Waals surface area contributed by atoms with E-state index in [0.29, 0.717) is 16.9 Å². The normalized spacial score (nSPS) is 11.1. The Hall–Kier alpha value is -4.30. The van der Waals surface area contributed by atoms with Gasteiger partial charge in [0, 0.05) is 5.39 Å². The average molecular weight is 395 g/mol. The number of para-hydroxylation sites is 1. The van der Waals surface area contributed by atoms with E-state index in [4.69, 9.17) is 13.9 Å². The first-order valence-electron chi connectivity index (χ1n) is 9.24. The number of carbonyl (C=O) groups is 1. The van der Waals surface area contributed by atoms with Crippen molar-refractivity contribution in [2.45, 2.75) is 0 Å². The van der Waals surface area contributed by atoms with Crippen LogP contribution in [0.25, 0.3) is 22.6 Å². The maximum absolute atomic E-state index is 12.5. The molecule has 4 rings (SSSR count). The van der Waals surface area contributed by atoms with Crippen molar-refractivity contribution in [2.24, 2.45) is 0 Å². The zero-order chi connectivity index (χ0) is 20.9.